The van der Waals surface area contributed by atoms with Crippen molar-refractivity contribution >= 4 is 17.8 Å². The Morgan fingerprint density at radius 3 is 2.30 bits per heavy atom. The summed E-state index contributed by atoms with van der Waals surface area (Å²) < 4.78 is 0. The molecule has 1 fully saturated rings. The maximum absolute atomic E-state index is 12.4. The van der Waals surface area contributed by atoms with Crippen molar-refractivity contribution in [3.8, 4) is 0 Å². The molecule has 3 rings (SSSR count). The third-order valence-corrected chi connectivity index (χ3v) is 5.67. The summed E-state index contributed by atoms with van der Waals surface area (Å²) in [5.41, 5.74) is 2.44. The zero-order valence-electron chi connectivity index (χ0n) is 19.4. The second kappa shape index (κ2) is 13.3. The normalized spacial score (nSPS) is 16.0. The molecule has 0 saturated carbocycles. The van der Waals surface area contributed by atoms with Crippen molar-refractivity contribution in [3.05, 3.63) is 71.8 Å². The van der Waals surface area contributed by atoms with Crippen molar-refractivity contribution in [3.63, 3.8) is 0 Å². The van der Waals surface area contributed by atoms with Crippen LogP contribution in [0.15, 0.2) is 65.7 Å². The fraction of sp³-hybridized carbons (Fsp3) is 0.423. The standard InChI is InChI=1S/C26H35N5O2/c1-2-27-26(30-19-24(32)28-15-13-21-9-5-3-6-10-21)29-18-23-17-25(33)31(20-23)16-14-22-11-7-4-8-12-22/h3-12,23H,2,13-20H2,1H3,(H,28,32)(H2,27,29,30). The lowest BCUT2D eigenvalue weighted by Crippen LogP contribution is -2.41. The first-order valence-electron chi connectivity index (χ1n) is 11.8. The minimum atomic E-state index is -0.105. The van der Waals surface area contributed by atoms with Gasteiger partial charge in [0.1, 0.15) is 6.54 Å². The number of carbonyl (C=O) groups excluding carboxylic acids is 2. The van der Waals surface area contributed by atoms with E-state index >= 15 is 0 Å². The van der Waals surface area contributed by atoms with Crippen molar-refractivity contribution in [2.24, 2.45) is 10.9 Å². The van der Waals surface area contributed by atoms with E-state index in [-0.39, 0.29) is 24.3 Å². The van der Waals surface area contributed by atoms with Crippen LogP contribution in [0, 0.1) is 5.92 Å². The van der Waals surface area contributed by atoms with Crippen LogP contribution in [0.5, 0.6) is 0 Å². The summed E-state index contributed by atoms with van der Waals surface area (Å²) in [4.78, 5) is 30.9. The van der Waals surface area contributed by atoms with E-state index in [0.717, 1.165) is 25.9 Å². The number of benzene rings is 2. The predicted octanol–water partition coefficient (Wildman–Crippen LogP) is 1.99. The lowest BCUT2D eigenvalue weighted by atomic mass is 10.1. The van der Waals surface area contributed by atoms with E-state index in [1.165, 1.54) is 11.1 Å². The van der Waals surface area contributed by atoms with Gasteiger partial charge in [-0.1, -0.05) is 60.7 Å². The van der Waals surface area contributed by atoms with E-state index in [1.807, 2.05) is 60.4 Å². The summed E-state index contributed by atoms with van der Waals surface area (Å²) in [6, 6.07) is 20.3. The molecule has 0 radical (unpaired) electrons. The molecule has 0 bridgehead atoms. The molecule has 7 heteroatoms. The van der Waals surface area contributed by atoms with Crippen molar-refractivity contribution in [1.82, 2.24) is 20.9 Å². The molecule has 0 aromatic heterocycles. The van der Waals surface area contributed by atoms with E-state index in [2.05, 4.69) is 33.1 Å². The van der Waals surface area contributed by atoms with Gasteiger partial charge in [-0.3, -0.25) is 9.59 Å². The Morgan fingerprint density at radius 1 is 0.970 bits per heavy atom. The number of amides is 2. The second-order valence-electron chi connectivity index (χ2n) is 8.31. The predicted molar refractivity (Wildman–Crippen MR) is 132 cm³/mol. The van der Waals surface area contributed by atoms with Crippen LogP contribution in [-0.4, -0.2) is 61.9 Å². The average molecular weight is 450 g/mol. The van der Waals surface area contributed by atoms with Crippen LogP contribution in [0.4, 0.5) is 0 Å². The van der Waals surface area contributed by atoms with Gasteiger partial charge < -0.3 is 20.9 Å². The molecule has 0 spiro atoms. The molecule has 1 aliphatic rings. The van der Waals surface area contributed by atoms with Gasteiger partial charge in [-0.15, -0.1) is 0 Å². The van der Waals surface area contributed by atoms with Gasteiger partial charge in [0.2, 0.25) is 11.8 Å². The van der Waals surface area contributed by atoms with Crippen LogP contribution in [0.3, 0.4) is 0 Å². The molecule has 0 aliphatic carbocycles. The maximum Gasteiger partial charge on any atom is 0.241 e. The highest BCUT2D eigenvalue weighted by molar-refractivity contribution is 5.85. The Hall–Kier alpha value is -3.35. The summed E-state index contributed by atoms with van der Waals surface area (Å²) in [5.74, 6) is 0.937. The molecule has 1 heterocycles. The first-order valence-corrected chi connectivity index (χ1v) is 11.8. The van der Waals surface area contributed by atoms with Crippen LogP contribution in [-0.2, 0) is 22.4 Å². The average Bonchev–Trinajstić information content (AvgIpc) is 3.20. The molecule has 1 saturated heterocycles. The summed E-state index contributed by atoms with van der Waals surface area (Å²) in [6.07, 6.45) is 2.21. The number of nitrogens with zero attached hydrogens (tertiary/aromatic N) is 2. The summed E-state index contributed by atoms with van der Waals surface area (Å²) in [5, 5.41) is 9.38. The van der Waals surface area contributed by atoms with Crippen LogP contribution >= 0.6 is 0 Å². The number of rotatable bonds is 11. The molecule has 1 aliphatic heterocycles. The third-order valence-electron chi connectivity index (χ3n) is 5.67. The number of hydrogen-bond acceptors (Lipinski definition) is 3. The Bertz CT molecular complexity index is 901. The summed E-state index contributed by atoms with van der Waals surface area (Å²) in [7, 11) is 0. The van der Waals surface area contributed by atoms with Crippen molar-refractivity contribution < 1.29 is 9.59 Å². The van der Waals surface area contributed by atoms with Gasteiger partial charge in [-0.05, 0) is 30.9 Å². The largest absolute Gasteiger partial charge is 0.357 e. The molecule has 3 N–H and O–H groups in total. The fourth-order valence-electron chi connectivity index (χ4n) is 3.90. The number of carbonyl (C=O) groups is 2. The van der Waals surface area contributed by atoms with Gasteiger partial charge in [-0.25, -0.2) is 4.99 Å². The Morgan fingerprint density at radius 2 is 1.64 bits per heavy atom. The topological polar surface area (TPSA) is 85.8 Å². The molecule has 1 unspecified atom stereocenters. The van der Waals surface area contributed by atoms with E-state index in [0.29, 0.717) is 32.0 Å². The van der Waals surface area contributed by atoms with Crippen molar-refractivity contribution in [1.29, 1.82) is 0 Å². The van der Waals surface area contributed by atoms with Crippen LogP contribution in [0.25, 0.3) is 0 Å². The van der Waals surface area contributed by atoms with Gasteiger partial charge in [0.05, 0.1) is 0 Å². The van der Waals surface area contributed by atoms with E-state index in [9.17, 15) is 9.59 Å². The van der Waals surface area contributed by atoms with Gasteiger partial charge >= 0.3 is 0 Å². The summed E-state index contributed by atoms with van der Waals surface area (Å²) >= 11 is 0. The minimum Gasteiger partial charge on any atom is -0.357 e. The molecule has 2 aromatic rings. The fourth-order valence-corrected chi connectivity index (χ4v) is 3.90. The lowest BCUT2D eigenvalue weighted by Gasteiger charge is -2.18. The van der Waals surface area contributed by atoms with E-state index in [4.69, 9.17) is 0 Å². The molecule has 33 heavy (non-hydrogen) atoms. The molecule has 2 aromatic carbocycles. The SMILES string of the molecule is CCNC(=NCC(=O)NCCc1ccccc1)NCC1CC(=O)N(CCc2ccccc2)C1. The number of hydrogen-bond donors (Lipinski definition) is 3. The number of aliphatic imine (C=N–C) groups is 1. The van der Waals surface area contributed by atoms with Crippen LogP contribution in [0.1, 0.15) is 24.5 Å². The van der Waals surface area contributed by atoms with E-state index in [1.54, 1.807) is 0 Å². The monoisotopic (exact) mass is 449 g/mol. The zero-order valence-corrected chi connectivity index (χ0v) is 19.4. The third kappa shape index (κ3) is 8.60. The Balaban J connectivity index is 1.38. The van der Waals surface area contributed by atoms with Crippen LogP contribution in [0.2, 0.25) is 0 Å². The Kier molecular flexibility index (Phi) is 9.76. The minimum absolute atomic E-state index is 0.0664. The van der Waals surface area contributed by atoms with Gasteiger partial charge in [-0.2, -0.15) is 0 Å². The zero-order chi connectivity index (χ0) is 23.3. The number of likely N-dealkylation sites (tertiary alicyclic amines) is 1. The molecular formula is C26H35N5O2. The van der Waals surface area contributed by atoms with Gasteiger partial charge in [0.15, 0.2) is 5.96 Å². The smallest absolute Gasteiger partial charge is 0.241 e. The number of guanidine groups is 1. The first kappa shape index (κ1) is 24.3. The highest BCUT2D eigenvalue weighted by Gasteiger charge is 2.29. The molecular weight excluding hydrogens is 414 g/mol. The highest BCUT2D eigenvalue weighted by Crippen LogP contribution is 2.17. The van der Waals surface area contributed by atoms with Crippen LogP contribution < -0.4 is 16.0 Å². The Labute approximate surface area is 196 Å². The van der Waals surface area contributed by atoms with Gasteiger partial charge in [0.25, 0.3) is 0 Å². The highest BCUT2D eigenvalue weighted by atomic mass is 16.2. The van der Waals surface area contributed by atoms with E-state index < -0.39 is 0 Å². The molecule has 176 valence electrons. The molecule has 7 nitrogen and oxygen atoms in total. The molecule has 1 atom stereocenters. The number of nitrogens with one attached hydrogen (secondary N) is 3. The quantitative estimate of drug-likeness (QED) is 0.362. The maximum atomic E-state index is 12.4. The second-order valence-corrected chi connectivity index (χ2v) is 8.31. The van der Waals surface area contributed by atoms with Crippen molar-refractivity contribution in [2.75, 3.05) is 39.3 Å². The van der Waals surface area contributed by atoms with Crippen molar-refractivity contribution in [2.45, 2.75) is 26.2 Å². The summed E-state index contributed by atoms with van der Waals surface area (Å²) in [6.45, 7) is 5.49. The first-order chi connectivity index (χ1) is 16.1. The van der Waals surface area contributed by atoms with Gasteiger partial charge in [0, 0.05) is 45.1 Å². The molecule has 2 amide bonds. The lowest BCUT2D eigenvalue weighted by molar-refractivity contribution is -0.127.